The molecule has 0 aromatic carbocycles. The third kappa shape index (κ3) is 37.8. The van der Waals surface area contributed by atoms with Gasteiger partial charge in [0.05, 0.1) is 57.8 Å². The van der Waals surface area contributed by atoms with Crippen LogP contribution in [0.5, 0.6) is 0 Å². The molecule has 334 valence electrons. The molecular formula is C38H75N4O12P3. The van der Waals surface area contributed by atoms with E-state index in [9.17, 15) is 23.5 Å². The van der Waals surface area contributed by atoms with Gasteiger partial charge in [0, 0.05) is 27.9 Å². The van der Waals surface area contributed by atoms with E-state index >= 15 is 0 Å². The highest BCUT2D eigenvalue weighted by Crippen LogP contribution is 2.53. The molecule has 19 heteroatoms. The maximum absolute atomic E-state index is 12.1. The fourth-order valence-electron chi connectivity index (χ4n) is 4.19. The summed E-state index contributed by atoms with van der Waals surface area (Å²) in [5.74, 6) is -0.161. The van der Waals surface area contributed by atoms with Gasteiger partial charge in [0.15, 0.2) is 0 Å². The molecule has 16 nitrogen and oxygen atoms in total. The molecule has 0 aromatic heterocycles. The Morgan fingerprint density at radius 1 is 0.842 bits per heavy atom. The molecule has 1 saturated heterocycles. The fourth-order valence-corrected chi connectivity index (χ4v) is 6.39. The van der Waals surface area contributed by atoms with Crippen LogP contribution in [-0.2, 0) is 50.7 Å². The number of amides is 3. The first kappa shape index (κ1) is 61.4. The van der Waals surface area contributed by atoms with Crippen LogP contribution in [0.2, 0.25) is 0 Å². The Morgan fingerprint density at radius 3 is 1.51 bits per heavy atom. The summed E-state index contributed by atoms with van der Waals surface area (Å²) in [5, 5.41) is 17.1. The van der Waals surface area contributed by atoms with Gasteiger partial charge in [-0.15, -0.1) is 6.42 Å². The predicted octanol–water partition coefficient (Wildman–Crippen LogP) is 6.10. The SMILES string of the molecule is C#CP.C/C=C/[C@@H](C)[C@H](CO)NC(C)=O.C/C=C/[C@@H](C)[C@H](COP(=O)(OC)OCCC)NC(C)=O.C/C=C/[C@@H](C)[C@H](COP1(=O)OCCO1)NC(C)=O.CN(C)C. The van der Waals surface area contributed by atoms with Crippen molar-refractivity contribution >= 4 is 42.6 Å². The number of aliphatic hydroxyl groups excluding tert-OH is 1. The van der Waals surface area contributed by atoms with E-state index in [4.69, 9.17) is 32.2 Å². The molecule has 4 N–H and O–H groups in total. The van der Waals surface area contributed by atoms with Crippen molar-refractivity contribution in [2.45, 2.75) is 93.8 Å². The number of carbonyl (C=O) groups excluding carboxylic acids is 3. The summed E-state index contributed by atoms with van der Waals surface area (Å²) in [6.07, 6.45) is 16.8. The molecule has 0 aromatic rings. The molecule has 1 heterocycles. The monoisotopic (exact) mass is 872 g/mol. The Hall–Kier alpha value is -2.24. The number of aliphatic hydroxyl groups is 1. The lowest BCUT2D eigenvalue weighted by Gasteiger charge is -2.24. The number of hydrogen-bond donors (Lipinski definition) is 4. The number of phosphoric acid groups is 2. The summed E-state index contributed by atoms with van der Waals surface area (Å²) in [6, 6.07) is -0.728. The van der Waals surface area contributed by atoms with Crippen molar-refractivity contribution in [3.63, 3.8) is 0 Å². The van der Waals surface area contributed by atoms with Gasteiger partial charge < -0.3 is 26.0 Å². The summed E-state index contributed by atoms with van der Waals surface area (Å²) in [4.78, 5) is 35.0. The lowest BCUT2D eigenvalue weighted by molar-refractivity contribution is -0.121. The van der Waals surface area contributed by atoms with E-state index in [-0.39, 0.29) is 86.6 Å². The molecule has 8 atom stereocenters. The van der Waals surface area contributed by atoms with Crippen molar-refractivity contribution in [1.29, 1.82) is 0 Å². The van der Waals surface area contributed by atoms with Crippen LogP contribution in [0.15, 0.2) is 36.5 Å². The summed E-state index contributed by atoms with van der Waals surface area (Å²) < 4.78 is 54.1. The molecule has 57 heavy (non-hydrogen) atoms. The summed E-state index contributed by atoms with van der Waals surface area (Å²) in [7, 11) is 2.43. The molecule has 0 aliphatic carbocycles. The Labute approximate surface area is 346 Å². The average Bonchev–Trinajstić information content (AvgIpc) is 3.56. The van der Waals surface area contributed by atoms with Crippen LogP contribution in [0.4, 0.5) is 0 Å². The summed E-state index contributed by atoms with van der Waals surface area (Å²) in [6.45, 7) is 18.7. The molecule has 0 radical (unpaired) electrons. The van der Waals surface area contributed by atoms with Crippen LogP contribution in [0.3, 0.4) is 0 Å². The predicted molar refractivity (Wildman–Crippen MR) is 232 cm³/mol. The van der Waals surface area contributed by atoms with Crippen molar-refractivity contribution in [1.82, 2.24) is 20.9 Å². The highest BCUT2D eigenvalue weighted by molar-refractivity contribution is 7.48. The van der Waals surface area contributed by atoms with Crippen molar-refractivity contribution in [2.75, 3.05) is 67.9 Å². The van der Waals surface area contributed by atoms with E-state index in [1.54, 1.807) is 0 Å². The average molecular weight is 873 g/mol. The van der Waals surface area contributed by atoms with Crippen molar-refractivity contribution in [2.24, 2.45) is 17.8 Å². The molecule has 1 rings (SSSR count). The van der Waals surface area contributed by atoms with Gasteiger partial charge in [-0.05, 0) is 66.1 Å². The van der Waals surface area contributed by atoms with Gasteiger partial charge in [0.25, 0.3) is 0 Å². The van der Waals surface area contributed by atoms with Gasteiger partial charge in [-0.1, -0.05) is 79.1 Å². The zero-order valence-electron chi connectivity index (χ0n) is 36.8. The Morgan fingerprint density at radius 2 is 1.19 bits per heavy atom. The summed E-state index contributed by atoms with van der Waals surface area (Å²) in [5.41, 5.74) is 2.17. The minimum Gasteiger partial charge on any atom is -0.394 e. The maximum atomic E-state index is 12.1. The quantitative estimate of drug-likeness (QED) is 0.0622. The van der Waals surface area contributed by atoms with E-state index in [2.05, 4.69) is 37.3 Å². The first-order valence-corrected chi connectivity index (χ1v) is 22.2. The molecule has 0 spiro atoms. The van der Waals surface area contributed by atoms with Crippen LogP contribution < -0.4 is 16.0 Å². The highest BCUT2D eigenvalue weighted by atomic mass is 31.2. The number of carbonyl (C=O) groups is 3. The van der Waals surface area contributed by atoms with Crippen molar-refractivity contribution < 1.29 is 55.8 Å². The van der Waals surface area contributed by atoms with Crippen LogP contribution in [0, 0.1) is 29.8 Å². The zero-order valence-corrected chi connectivity index (χ0v) is 39.8. The van der Waals surface area contributed by atoms with Crippen molar-refractivity contribution in [3.8, 4) is 12.1 Å². The number of allylic oxidation sites excluding steroid dienone is 3. The van der Waals surface area contributed by atoms with Crippen LogP contribution in [0.1, 0.15) is 75.7 Å². The second-order valence-electron chi connectivity index (χ2n) is 12.9. The normalized spacial score (nSPS) is 17.3. The number of rotatable bonds is 20. The molecule has 0 bridgehead atoms. The molecule has 1 aliphatic rings. The number of phosphoric ester groups is 2. The lowest BCUT2D eigenvalue weighted by Crippen LogP contribution is -2.40. The zero-order chi connectivity index (χ0) is 45.0. The lowest BCUT2D eigenvalue weighted by atomic mass is 10.0. The number of terminal acetylenes is 1. The minimum absolute atomic E-state index is 0.0227. The largest absolute Gasteiger partial charge is 0.475 e. The standard InChI is InChI=1S/C13H26NO5P.C11H20NO5P.C9H17NO2.C3H9N.C2H3P/c1-6-8-11(3)13(14-12(4)15)10-19-20(16,17-5)18-9-7-2;1-4-5-9(2)11(12-10(3)13)8-17-18(14)15-6-7-16-18;1-4-5-7(2)9(6-11)10-8(3)12;1-4(2)3;1-2-3/h6,8,11,13H,7,9-10H2,1-5H3,(H,14,15);4-5,9,11H,6-8H2,1-3H3,(H,12,13);4-5,7,9,11H,6H2,1-3H3,(H,10,12);1-3H3;1H,3H2/b8-6+;2*5-4+;;/t11-,13+,20?;9-,11+;7-,9+;;/m111../s1. The van der Waals surface area contributed by atoms with E-state index in [1.807, 2.05) is 111 Å². The molecule has 3 amide bonds. The van der Waals surface area contributed by atoms with E-state index in [1.165, 1.54) is 27.9 Å². The van der Waals surface area contributed by atoms with Crippen molar-refractivity contribution in [3.05, 3.63) is 36.5 Å². The maximum Gasteiger partial charge on any atom is 0.475 e. The fraction of sp³-hybridized carbons (Fsp3) is 0.711. The van der Waals surface area contributed by atoms with E-state index in [0.717, 1.165) is 0 Å². The number of hydrogen-bond acceptors (Lipinski definition) is 13. The van der Waals surface area contributed by atoms with Gasteiger partial charge >= 0.3 is 15.6 Å². The third-order valence-electron chi connectivity index (χ3n) is 6.84. The summed E-state index contributed by atoms with van der Waals surface area (Å²) >= 11 is 0. The van der Waals surface area contributed by atoms with E-state index < -0.39 is 15.6 Å². The van der Waals surface area contributed by atoms with Crippen LogP contribution in [0.25, 0.3) is 0 Å². The van der Waals surface area contributed by atoms with Crippen LogP contribution >= 0.6 is 24.9 Å². The minimum atomic E-state index is -3.55. The topological polar surface area (TPSA) is 200 Å². The molecular weight excluding hydrogens is 797 g/mol. The first-order chi connectivity index (χ1) is 26.6. The smallest absolute Gasteiger partial charge is 0.394 e. The molecule has 2 unspecified atom stereocenters. The third-order valence-corrected chi connectivity index (χ3v) is 9.71. The van der Waals surface area contributed by atoms with Gasteiger partial charge in [-0.3, -0.25) is 41.5 Å². The van der Waals surface area contributed by atoms with Gasteiger partial charge in [-0.25, -0.2) is 9.13 Å². The van der Waals surface area contributed by atoms with Gasteiger partial charge in [-0.2, -0.15) is 0 Å². The Bertz CT molecular complexity index is 1280. The second-order valence-corrected chi connectivity index (χ2v) is 16.7. The van der Waals surface area contributed by atoms with Crippen LogP contribution in [-0.4, -0.2) is 114 Å². The number of nitrogens with zero attached hydrogens (tertiary/aromatic N) is 1. The molecule has 1 fully saturated rings. The second kappa shape index (κ2) is 38.0. The van der Waals surface area contributed by atoms with Gasteiger partial charge in [0.2, 0.25) is 17.7 Å². The molecule has 0 saturated carbocycles. The highest BCUT2D eigenvalue weighted by Gasteiger charge is 2.33. The first-order valence-electron chi connectivity index (χ1n) is 18.7. The molecule has 1 aliphatic heterocycles. The number of nitrogens with one attached hydrogen (secondary N) is 3. The Kier molecular flexibility index (Phi) is 40.9. The van der Waals surface area contributed by atoms with E-state index in [0.29, 0.717) is 13.0 Å². The Balaban J connectivity index is -0.000000348. The van der Waals surface area contributed by atoms with Gasteiger partial charge in [0.1, 0.15) is 0 Å².